The van der Waals surface area contributed by atoms with Crippen LogP contribution in [0.4, 0.5) is 0 Å². The SMILES string of the molecule is COCO[C@H](C=C[C@@H](COCc1ccccc1)NC(=O)C(Cl)(Cl)Cl)COCc1ccc(OC)cc1. The highest BCUT2D eigenvalue weighted by Crippen LogP contribution is 2.26. The van der Waals surface area contributed by atoms with Crippen molar-refractivity contribution < 1.29 is 28.5 Å². The van der Waals surface area contributed by atoms with E-state index in [1.807, 2.05) is 54.6 Å². The molecule has 0 heterocycles. The predicted octanol–water partition coefficient (Wildman–Crippen LogP) is 4.83. The van der Waals surface area contributed by atoms with Gasteiger partial charge in [0, 0.05) is 7.11 Å². The molecule has 0 aliphatic heterocycles. The first-order valence-corrected chi connectivity index (χ1v) is 11.9. The topological polar surface area (TPSA) is 75.2 Å². The number of hydrogen-bond acceptors (Lipinski definition) is 6. The molecule has 0 aliphatic rings. The summed E-state index contributed by atoms with van der Waals surface area (Å²) in [6.45, 7) is 1.22. The van der Waals surface area contributed by atoms with Crippen LogP contribution in [-0.4, -0.2) is 56.1 Å². The molecule has 0 unspecified atom stereocenters. The zero-order valence-electron chi connectivity index (χ0n) is 19.6. The number of nitrogens with one attached hydrogen (secondary N) is 1. The maximum Gasteiger partial charge on any atom is 0.272 e. The molecule has 0 bridgehead atoms. The lowest BCUT2D eigenvalue weighted by atomic mass is 10.2. The number of benzene rings is 2. The molecule has 0 saturated carbocycles. The fourth-order valence-corrected chi connectivity index (χ4v) is 3.02. The van der Waals surface area contributed by atoms with E-state index in [9.17, 15) is 4.79 Å². The van der Waals surface area contributed by atoms with E-state index in [0.717, 1.165) is 16.9 Å². The Kier molecular flexibility index (Phi) is 13.4. The largest absolute Gasteiger partial charge is 0.497 e. The average Bonchev–Trinajstić information content (AvgIpc) is 2.85. The second-order valence-electron chi connectivity index (χ2n) is 7.44. The highest BCUT2D eigenvalue weighted by atomic mass is 35.6. The number of carbonyl (C=O) groups is 1. The molecule has 10 heteroatoms. The van der Waals surface area contributed by atoms with Crippen LogP contribution < -0.4 is 10.1 Å². The van der Waals surface area contributed by atoms with Crippen LogP contribution in [0.5, 0.6) is 5.75 Å². The van der Waals surface area contributed by atoms with Gasteiger partial charge in [0.05, 0.1) is 39.6 Å². The third-order valence-corrected chi connectivity index (χ3v) is 5.17. The van der Waals surface area contributed by atoms with Crippen molar-refractivity contribution in [3.05, 3.63) is 77.9 Å². The maximum atomic E-state index is 12.2. The van der Waals surface area contributed by atoms with Gasteiger partial charge in [-0.1, -0.05) is 89.4 Å². The van der Waals surface area contributed by atoms with Crippen LogP contribution in [0.1, 0.15) is 11.1 Å². The minimum atomic E-state index is -2.10. The molecular formula is C25H30Cl3NO6. The Bertz CT molecular complexity index is 890. The molecular weight excluding hydrogens is 517 g/mol. The summed E-state index contributed by atoms with van der Waals surface area (Å²) in [4.78, 5) is 12.2. The summed E-state index contributed by atoms with van der Waals surface area (Å²) in [5.41, 5.74) is 1.98. The van der Waals surface area contributed by atoms with Crippen LogP contribution in [0, 0.1) is 0 Å². The molecule has 7 nitrogen and oxygen atoms in total. The van der Waals surface area contributed by atoms with Gasteiger partial charge in [-0.25, -0.2) is 0 Å². The second-order valence-corrected chi connectivity index (χ2v) is 9.72. The van der Waals surface area contributed by atoms with Gasteiger partial charge >= 0.3 is 0 Å². The minimum absolute atomic E-state index is 0.0661. The van der Waals surface area contributed by atoms with E-state index < -0.39 is 21.8 Å². The molecule has 2 aromatic rings. The van der Waals surface area contributed by atoms with Crippen LogP contribution in [-0.2, 0) is 37.0 Å². The van der Waals surface area contributed by atoms with E-state index in [4.69, 9.17) is 58.5 Å². The number of ether oxygens (including phenoxy) is 5. The van der Waals surface area contributed by atoms with Crippen molar-refractivity contribution in [2.75, 3.05) is 34.2 Å². The standard InChI is InChI=1S/C25H30Cl3NO6/c1-31-18-35-23(17-34-15-20-8-11-22(32-2)12-9-20)13-10-21(29-24(30)25(26,27)28)16-33-14-19-6-4-3-5-7-19/h3-13,21,23H,14-18H2,1-2H3,(H,29,30)/t21-,23+/m0/s1. The van der Waals surface area contributed by atoms with Gasteiger partial charge < -0.3 is 29.0 Å². The molecule has 0 saturated heterocycles. The lowest BCUT2D eigenvalue weighted by Crippen LogP contribution is -2.43. The predicted molar refractivity (Wildman–Crippen MR) is 137 cm³/mol. The van der Waals surface area contributed by atoms with E-state index in [1.54, 1.807) is 19.3 Å². The van der Waals surface area contributed by atoms with Crippen molar-refractivity contribution in [1.29, 1.82) is 0 Å². The van der Waals surface area contributed by atoms with Gasteiger partial charge in [-0.05, 0) is 23.3 Å². The molecule has 1 amide bonds. The Hall–Kier alpha value is -1.84. The van der Waals surface area contributed by atoms with E-state index in [2.05, 4.69) is 5.32 Å². The van der Waals surface area contributed by atoms with Crippen LogP contribution in [0.2, 0.25) is 0 Å². The normalized spacial score (nSPS) is 13.5. The first kappa shape index (κ1) is 29.4. The van der Waals surface area contributed by atoms with Crippen molar-refractivity contribution in [3.63, 3.8) is 0 Å². The summed E-state index contributed by atoms with van der Waals surface area (Å²) in [5.74, 6) is 0.0148. The molecule has 1 N–H and O–H groups in total. The third-order valence-electron chi connectivity index (χ3n) is 4.65. The van der Waals surface area contributed by atoms with Gasteiger partial charge in [-0.2, -0.15) is 0 Å². The fraction of sp³-hybridized carbons (Fsp3) is 0.400. The average molecular weight is 547 g/mol. The van der Waals surface area contributed by atoms with Gasteiger partial charge in [0.2, 0.25) is 0 Å². The monoisotopic (exact) mass is 545 g/mol. The molecule has 0 spiro atoms. The molecule has 0 fully saturated rings. The van der Waals surface area contributed by atoms with Gasteiger partial charge in [-0.15, -0.1) is 0 Å². The lowest BCUT2D eigenvalue weighted by Gasteiger charge is -2.20. The van der Waals surface area contributed by atoms with Crippen molar-refractivity contribution in [2.24, 2.45) is 0 Å². The number of rotatable bonds is 15. The maximum absolute atomic E-state index is 12.2. The number of methoxy groups -OCH3 is 2. The Labute approximate surface area is 221 Å². The Balaban J connectivity index is 1.97. The van der Waals surface area contributed by atoms with E-state index in [0.29, 0.717) is 13.2 Å². The number of alkyl halides is 3. The van der Waals surface area contributed by atoms with Crippen molar-refractivity contribution in [1.82, 2.24) is 5.32 Å². The molecule has 2 aromatic carbocycles. The van der Waals surface area contributed by atoms with Gasteiger partial charge in [0.15, 0.2) is 0 Å². The van der Waals surface area contributed by atoms with Crippen LogP contribution in [0.3, 0.4) is 0 Å². The Morgan fingerprint density at radius 3 is 2.14 bits per heavy atom. The fourth-order valence-electron chi connectivity index (χ4n) is 2.86. The quantitative estimate of drug-likeness (QED) is 0.196. The first-order chi connectivity index (χ1) is 16.8. The van der Waals surface area contributed by atoms with Crippen LogP contribution >= 0.6 is 34.8 Å². The summed E-state index contributed by atoms with van der Waals surface area (Å²) in [5, 5.41) is 2.66. The molecule has 0 radical (unpaired) electrons. The molecule has 35 heavy (non-hydrogen) atoms. The van der Waals surface area contributed by atoms with Gasteiger partial charge in [0.1, 0.15) is 18.6 Å². The summed E-state index contributed by atoms with van der Waals surface area (Å²) >= 11 is 17.2. The summed E-state index contributed by atoms with van der Waals surface area (Å²) in [6, 6.07) is 16.7. The van der Waals surface area contributed by atoms with Crippen molar-refractivity contribution in [3.8, 4) is 5.75 Å². The van der Waals surface area contributed by atoms with Crippen LogP contribution in [0.25, 0.3) is 0 Å². The molecule has 2 rings (SSSR count). The van der Waals surface area contributed by atoms with Crippen LogP contribution in [0.15, 0.2) is 66.7 Å². The molecule has 0 aliphatic carbocycles. The van der Waals surface area contributed by atoms with Crippen molar-refractivity contribution in [2.45, 2.75) is 29.2 Å². The third kappa shape index (κ3) is 12.1. The highest BCUT2D eigenvalue weighted by molar-refractivity contribution is 6.76. The first-order valence-electron chi connectivity index (χ1n) is 10.8. The van der Waals surface area contributed by atoms with Gasteiger partial charge in [-0.3, -0.25) is 4.79 Å². The zero-order valence-corrected chi connectivity index (χ0v) is 21.9. The number of amides is 1. The second kappa shape index (κ2) is 16.0. The summed E-state index contributed by atoms with van der Waals surface area (Å²) in [6.07, 6.45) is 3.02. The van der Waals surface area contributed by atoms with Crippen molar-refractivity contribution >= 4 is 40.7 Å². The summed E-state index contributed by atoms with van der Waals surface area (Å²) < 4.78 is 25.3. The van der Waals surface area contributed by atoms with Gasteiger partial charge in [0.25, 0.3) is 9.70 Å². The highest BCUT2D eigenvalue weighted by Gasteiger charge is 2.31. The number of carbonyl (C=O) groups excluding carboxylic acids is 1. The Morgan fingerprint density at radius 1 is 0.914 bits per heavy atom. The van der Waals surface area contributed by atoms with E-state index in [1.165, 1.54) is 7.11 Å². The van der Waals surface area contributed by atoms with E-state index in [-0.39, 0.29) is 20.0 Å². The Morgan fingerprint density at radius 2 is 1.54 bits per heavy atom. The number of hydrogen-bond donors (Lipinski definition) is 1. The number of halogens is 3. The minimum Gasteiger partial charge on any atom is -0.497 e. The smallest absolute Gasteiger partial charge is 0.272 e. The zero-order chi connectivity index (χ0) is 25.5. The molecule has 192 valence electrons. The summed E-state index contributed by atoms with van der Waals surface area (Å²) in [7, 11) is 3.14. The lowest BCUT2D eigenvalue weighted by molar-refractivity contribution is -0.121. The van der Waals surface area contributed by atoms with E-state index >= 15 is 0 Å². The molecule has 2 atom stereocenters. The molecule has 0 aromatic heterocycles.